The van der Waals surface area contributed by atoms with Gasteiger partial charge < -0.3 is 9.80 Å². The maximum atomic E-state index is 2.61. The largest absolute Gasteiger partial charge is 0.310 e. The van der Waals surface area contributed by atoms with Gasteiger partial charge in [-0.05, 0) is 130 Å². The molecule has 8 aromatic carbocycles. The normalized spacial score (nSPS) is 16.7. The summed E-state index contributed by atoms with van der Waals surface area (Å²) in [5.41, 5.74) is 20.8. The molecule has 280 valence electrons. The van der Waals surface area contributed by atoms with Crippen LogP contribution < -0.4 is 9.80 Å². The minimum Gasteiger partial charge on any atom is -0.310 e. The molecule has 2 heteroatoms. The molecule has 1 atom stereocenters. The second-order valence-corrected chi connectivity index (χ2v) is 16.8. The number of aryl methyl sites for hydroxylation is 2. The zero-order valence-electron chi connectivity index (χ0n) is 33.2. The van der Waals surface area contributed by atoms with Crippen molar-refractivity contribution in [3.8, 4) is 22.3 Å². The Morgan fingerprint density at radius 3 is 1.52 bits per heavy atom. The molecule has 0 N–H and O–H groups in total. The topological polar surface area (TPSA) is 6.48 Å². The molecule has 0 fully saturated rings. The standard InChI is InChI=1S/C56H46N2/c1-55(2)48-28-14-12-27-46(48)47-33-32-44(38-49(47)55)58(50-29-15-13-26-45(50)39-18-6-3-7-19-39)52-31-17-21-41-35-37-56(54(41)52)36-34-40-20-16-30-51(53(40)56)57(42-22-8-4-9-23-42)43-24-10-5-11-25-43/h3-33,38H,34-37H2,1-2H3/t56-/m1/s1. The van der Waals surface area contributed by atoms with Gasteiger partial charge in [0.05, 0.1) is 17.1 Å². The minimum atomic E-state index is -0.161. The molecule has 0 radical (unpaired) electrons. The van der Waals surface area contributed by atoms with Crippen LogP contribution in [0.15, 0.2) is 194 Å². The van der Waals surface area contributed by atoms with Crippen LogP contribution in [0.25, 0.3) is 22.3 Å². The van der Waals surface area contributed by atoms with E-state index in [1.807, 2.05) is 0 Å². The smallest absolute Gasteiger partial charge is 0.0540 e. The van der Waals surface area contributed by atoms with Gasteiger partial charge in [-0.1, -0.05) is 153 Å². The van der Waals surface area contributed by atoms with E-state index < -0.39 is 0 Å². The number of fused-ring (bicyclic) bond motifs is 7. The van der Waals surface area contributed by atoms with Gasteiger partial charge in [0.1, 0.15) is 0 Å². The van der Waals surface area contributed by atoms with E-state index in [-0.39, 0.29) is 10.8 Å². The zero-order chi connectivity index (χ0) is 38.8. The zero-order valence-corrected chi connectivity index (χ0v) is 33.2. The minimum absolute atomic E-state index is 0.121. The second-order valence-electron chi connectivity index (χ2n) is 16.8. The lowest BCUT2D eigenvalue weighted by atomic mass is 9.74. The fraction of sp³-hybridized carbons (Fsp3) is 0.143. The van der Waals surface area contributed by atoms with Crippen LogP contribution in [0.5, 0.6) is 0 Å². The van der Waals surface area contributed by atoms with Gasteiger partial charge in [0.2, 0.25) is 0 Å². The third-order valence-electron chi connectivity index (χ3n) is 13.4. The number of hydrogen-bond donors (Lipinski definition) is 0. The highest BCUT2D eigenvalue weighted by molar-refractivity contribution is 5.93. The van der Waals surface area contributed by atoms with E-state index in [0.29, 0.717) is 0 Å². The van der Waals surface area contributed by atoms with E-state index >= 15 is 0 Å². The molecular weight excluding hydrogens is 701 g/mol. The highest BCUT2D eigenvalue weighted by Gasteiger charge is 2.49. The van der Waals surface area contributed by atoms with Crippen LogP contribution in [0.2, 0.25) is 0 Å². The Kier molecular flexibility index (Phi) is 8.05. The van der Waals surface area contributed by atoms with Gasteiger partial charge in [0.25, 0.3) is 0 Å². The summed E-state index contributed by atoms with van der Waals surface area (Å²) >= 11 is 0. The van der Waals surface area contributed by atoms with E-state index in [2.05, 4.69) is 218 Å². The molecule has 0 saturated heterocycles. The van der Waals surface area contributed by atoms with Crippen LogP contribution in [0.3, 0.4) is 0 Å². The van der Waals surface area contributed by atoms with Crippen LogP contribution in [-0.2, 0) is 23.7 Å². The summed E-state index contributed by atoms with van der Waals surface area (Å²) in [7, 11) is 0. The van der Waals surface area contributed by atoms with Crippen molar-refractivity contribution in [3.63, 3.8) is 0 Å². The van der Waals surface area contributed by atoms with Crippen molar-refractivity contribution in [2.75, 3.05) is 9.80 Å². The van der Waals surface area contributed by atoms with Crippen molar-refractivity contribution in [3.05, 3.63) is 228 Å². The lowest BCUT2D eigenvalue weighted by Crippen LogP contribution is -2.27. The molecule has 0 bridgehead atoms. The fourth-order valence-electron chi connectivity index (χ4n) is 10.9. The first-order valence-corrected chi connectivity index (χ1v) is 20.9. The molecule has 0 saturated carbocycles. The molecule has 11 rings (SSSR count). The number of hydrogen-bond acceptors (Lipinski definition) is 2. The van der Waals surface area contributed by atoms with Crippen LogP contribution in [-0.4, -0.2) is 0 Å². The lowest BCUT2D eigenvalue weighted by Gasteiger charge is -2.38. The summed E-state index contributed by atoms with van der Waals surface area (Å²) < 4.78 is 0. The Morgan fingerprint density at radius 1 is 0.379 bits per heavy atom. The average Bonchev–Trinajstić information content (AvgIpc) is 3.93. The van der Waals surface area contributed by atoms with Crippen molar-refractivity contribution in [1.29, 1.82) is 0 Å². The summed E-state index contributed by atoms with van der Waals surface area (Å²) in [6.45, 7) is 4.78. The molecular formula is C56H46N2. The first kappa shape index (κ1) is 34.6. The van der Waals surface area contributed by atoms with Gasteiger partial charge in [-0.25, -0.2) is 0 Å². The highest BCUT2D eigenvalue weighted by atomic mass is 15.2. The lowest BCUT2D eigenvalue weighted by molar-refractivity contribution is 0.508. The first-order valence-electron chi connectivity index (χ1n) is 20.9. The van der Waals surface area contributed by atoms with Gasteiger partial charge >= 0.3 is 0 Å². The Labute approximate surface area is 342 Å². The Morgan fingerprint density at radius 2 is 0.879 bits per heavy atom. The summed E-state index contributed by atoms with van der Waals surface area (Å²) in [4.78, 5) is 5.11. The average molecular weight is 747 g/mol. The van der Waals surface area contributed by atoms with Crippen LogP contribution in [0.4, 0.5) is 34.1 Å². The molecule has 0 aliphatic heterocycles. The van der Waals surface area contributed by atoms with Gasteiger partial charge in [0, 0.05) is 33.5 Å². The first-order chi connectivity index (χ1) is 28.5. The molecule has 58 heavy (non-hydrogen) atoms. The maximum Gasteiger partial charge on any atom is 0.0540 e. The predicted molar refractivity (Wildman–Crippen MR) is 243 cm³/mol. The molecule has 0 unspecified atom stereocenters. The van der Waals surface area contributed by atoms with Gasteiger partial charge in [-0.15, -0.1) is 0 Å². The van der Waals surface area contributed by atoms with E-state index in [0.717, 1.165) is 25.7 Å². The molecule has 8 aromatic rings. The second kappa shape index (κ2) is 13.5. The van der Waals surface area contributed by atoms with Crippen molar-refractivity contribution in [2.45, 2.75) is 50.4 Å². The van der Waals surface area contributed by atoms with Gasteiger partial charge in [-0.2, -0.15) is 0 Å². The van der Waals surface area contributed by atoms with E-state index in [4.69, 9.17) is 0 Å². The quantitative estimate of drug-likeness (QED) is 0.160. The third kappa shape index (κ3) is 5.24. The molecule has 0 aromatic heterocycles. The van der Waals surface area contributed by atoms with Crippen molar-refractivity contribution in [1.82, 2.24) is 0 Å². The van der Waals surface area contributed by atoms with Crippen LogP contribution >= 0.6 is 0 Å². The molecule has 0 heterocycles. The molecule has 3 aliphatic carbocycles. The monoisotopic (exact) mass is 746 g/mol. The summed E-state index contributed by atoms with van der Waals surface area (Å²) in [5.74, 6) is 0. The summed E-state index contributed by atoms with van der Waals surface area (Å²) in [6.07, 6.45) is 4.28. The number of anilines is 6. The SMILES string of the molecule is CC1(C)c2ccccc2-c2ccc(N(c3ccccc3-c3ccccc3)c3cccc4c3[C@]3(CCc5cccc(N(c6ccccc6)c6ccccc6)c53)CC4)cc21. The summed E-state index contributed by atoms with van der Waals surface area (Å²) in [6, 6.07) is 72.2. The van der Waals surface area contributed by atoms with E-state index in [1.165, 1.54) is 89.8 Å². The Bertz CT molecular complexity index is 2780. The Hall–Kier alpha value is -6.64. The van der Waals surface area contributed by atoms with Gasteiger partial charge in [-0.3, -0.25) is 0 Å². The van der Waals surface area contributed by atoms with Crippen molar-refractivity contribution >= 4 is 34.1 Å². The van der Waals surface area contributed by atoms with Crippen molar-refractivity contribution < 1.29 is 0 Å². The number of rotatable bonds is 7. The Balaban J connectivity index is 1.16. The van der Waals surface area contributed by atoms with Crippen LogP contribution in [0.1, 0.15) is 60.1 Å². The number of para-hydroxylation sites is 3. The van der Waals surface area contributed by atoms with Gasteiger partial charge in [0.15, 0.2) is 0 Å². The highest BCUT2D eigenvalue weighted by Crippen LogP contribution is 2.60. The number of benzene rings is 8. The van der Waals surface area contributed by atoms with E-state index in [1.54, 1.807) is 0 Å². The van der Waals surface area contributed by atoms with Crippen molar-refractivity contribution in [2.24, 2.45) is 0 Å². The maximum absolute atomic E-state index is 2.61. The molecule has 3 aliphatic rings. The predicted octanol–water partition coefficient (Wildman–Crippen LogP) is 14.8. The fourth-order valence-corrected chi connectivity index (χ4v) is 10.9. The third-order valence-corrected chi connectivity index (χ3v) is 13.4. The molecule has 1 spiro atoms. The number of nitrogens with zero attached hydrogens (tertiary/aromatic N) is 2. The molecule has 2 nitrogen and oxygen atoms in total. The van der Waals surface area contributed by atoms with Crippen LogP contribution in [0, 0.1) is 0 Å². The molecule has 0 amide bonds. The summed E-state index contributed by atoms with van der Waals surface area (Å²) in [5, 5.41) is 0. The van der Waals surface area contributed by atoms with E-state index in [9.17, 15) is 0 Å².